The maximum atomic E-state index is 14.0. The van der Waals surface area contributed by atoms with Gasteiger partial charge in [-0.25, -0.2) is 21.8 Å². The van der Waals surface area contributed by atoms with Crippen LogP contribution in [-0.4, -0.2) is 71.0 Å². The molecule has 0 unspecified atom stereocenters. The fourth-order valence-electron chi connectivity index (χ4n) is 7.39. The molecule has 0 radical (unpaired) electrons. The lowest BCUT2D eigenvalue weighted by atomic mass is 9.98. The predicted octanol–water partition coefficient (Wildman–Crippen LogP) is 6.32. The van der Waals surface area contributed by atoms with Gasteiger partial charge in [0.15, 0.2) is 11.3 Å². The smallest absolute Gasteiger partial charge is 0.278 e. The molecular weight excluding hydrogens is 659 g/mol. The summed E-state index contributed by atoms with van der Waals surface area (Å²) in [5.41, 5.74) is 4.46. The summed E-state index contributed by atoms with van der Waals surface area (Å²) in [4.78, 5) is 28.9. The number of piperidine rings is 2. The lowest BCUT2D eigenvalue weighted by Crippen LogP contribution is -2.46. The molecule has 2 saturated heterocycles. The Morgan fingerprint density at radius 2 is 1.67 bits per heavy atom. The average molecular weight is 698 g/mol. The van der Waals surface area contributed by atoms with E-state index in [1.165, 1.54) is 54.3 Å². The van der Waals surface area contributed by atoms with Crippen molar-refractivity contribution >= 4 is 65.6 Å². The number of aryl methyl sites for hydroxylation is 2. The molecule has 11 nitrogen and oxygen atoms in total. The number of likely N-dealkylation sites (tertiary alicyclic amines) is 1. The Labute approximate surface area is 288 Å². The van der Waals surface area contributed by atoms with Crippen LogP contribution in [-0.2, 0) is 10.0 Å². The maximum Gasteiger partial charge on any atom is 0.278 e. The highest BCUT2D eigenvalue weighted by atomic mass is 32.2. The van der Waals surface area contributed by atoms with E-state index in [0.717, 1.165) is 46.7 Å². The lowest BCUT2D eigenvalue weighted by molar-refractivity contribution is 0.141. The fourth-order valence-corrected chi connectivity index (χ4v) is 9.45. The zero-order valence-corrected chi connectivity index (χ0v) is 29.5. The lowest BCUT2D eigenvalue weighted by Gasteiger charge is -2.41. The van der Waals surface area contributed by atoms with Gasteiger partial charge in [0.25, 0.3) is 15.6 Å². The molecule has 0 saturated carbocycles. The third-order valence-electron chi connectivity index (χ3n) is 10.0. The van der Waals surface area contributed by atoms with Crippen LogP contribution in [0.2, 0.25) is 0 Å². The minimum atomic E-state index is -4.01. The molecule has 2 fully saturated rings. The molecule has 254 valence electrons. The highest BCUT2D eigenvalue weighted by Crippen LogP contribution is 2.37. The average Bonchev–Trinajstić information content (AvgIpc) is 3.77. The van der Waals surface area contributed by atoms with Gasteiger partial charge >= 0.3 is 0 Å². The summed E-state index contributed by atoms with van der Waals surface area (Å²) in [6.07, 6.45) is 7.69. The van der Waals surface area contributed by atoms with Crippen LogP contribution in [0.4, 0.5) is 17.3 Å². The minimum absolute atomic E-state index is 0.137. The van der Waals surface area contributed by atoms with Gasteiger partial charge in [-0.2, -0.15) is 4.98 Å². The molecule has 6 heterocycles. The van der Waals surface area contributed by atoms with Crippen molar-refractivity contribution < 1.29 is 13.2 Å². The molecule has 0 spiro atoms. The van der Waals surface area contributed by atoms with Gasteiger partial charge in [0.2, 0.25) is 5.95 Å². The van der Waals surface area contributed by atoms with Crippen molar-refractivity contribution in [2.75, 3.05) is 43.5 Å². The normalized spacial score (nSPS) is 16.6. The van der Waals surface area contributed by atoms with E-state index in [4.69, 9.17) is 14.7 Å². The second-order valence-corrected chi connectivity index (χ2v) is 15.8. The Kier molecular flexibility index (Phi) is 8.08. The zero-order valence-electron chi connectivity index (χ0n) is 27.8. The van der Waals surface area contributed by atoms with Crippen LogP contribution < -0.4 is 20.5 Å². The van der Waals surface area contributed by atoms with Crippen LogP contribution >= 0.6 is 11.3 Å². The van der Waals surface area contributed by atoms with Crippen LogP contribution in [0.5, 0.6) is 5.75 Å². The number of aromatic nitrogens is 4. The van der Waals surface area contributed by atoms with Gasteiger partial charge in [0.1, 0.15) is 10.4 Å². The van der Waals surface area contributed by atoms with Crippen molar-refractivity contribution in [1.29, 1.82) is 0 Å². The molecule has 2 aliphatic heterocycles. The molecule has 6 aromatic rings. The highest BCUT2D eigenvalue weighted by Gasteiger charge is 2.28. The monoisotopic (exact) mass is 697 g/mol. The van der Waals surface area contributed by atoms with Crippen molar-refractivity contribution in [3.8, 4) is 5.75 Å². The second kappa shape index (κ2) is 12.5. The maximum absolute atomic E-state index is 14.0. The number of nitrogens with zero attached hydrogens (tertiary/aromatic N) is 6. The number of ether oxygens (including phenoxy) is 1. The number of methoxy groups -OCH3 is 1. The molecule has 4 aromatic heterocycles. The largest absolute Gasteiger partial charge is 0.494 e. The summed E-state index contributed by atoms with van der Waals surface area (Å²) >= 11 is 1.31. The second-order valence-electron chi connectivity index (χ2n) is 13.1. The quantitative estimate of drug-likeness (QED) is 0.205. The molecular formula is C36H39N7O4S2. The van der Waals surface area contributed by atoms with E-state index in [-0.39, 0.29) is 22.1 Å². The zero-order chi connectivity index (χ0) is 33.9. The Hall–Kier alpha value is -4.46. The molecule has 0 aliphatic carbocycles. The Morgan fingerprint density at radius 1 is 0.918 bits per heavy atom. The molecule has 8 rings (SSSR count). The molecule has 2 aliphatic rings. The molecule has 1 N–H and O–H groups in total. The third-order valence-corrected chi connectivity index (χ3v) is 12.6. The molecule has 49 heavy (non-hydrogen) atoms. The predicted molar refractivity (Wildman–Crippen MR) is 196 cm³/mol. The van der Waals surface area contributed by atoms with Crippen molar-refractivity contribution in [1.82, 2.24) is 23.2 Å². The summed E-state index contributed by atoms with van der Waals surface area (Å²) in [7, 11) is -2.38. The van der Waals surface area contributed by atoms with Crippen molar-refractivity contribution in [3.63, 3.8) is 0 Å². The van der Waals surface area contributed by atoms with Crippen LogP contribution in [0.15, 0.2) is 69.8 Å². The molecule has 0 atom stereocenters. The summed E-state index contributed by atoms with van der Waals surface area (Å²) in [6, 6.07) is 14.8. The number of hydrogen-bond acceptors (Lipinski definition) is 10. The van der Waals surface area contributed by atoms with Crippen LogP contribution in [0.25, 0.3) is 26.9 Å². The number of benzene rings is 2. The Morgan fingerprint density at radius 3 is 2.41 bits per heavy atom. The standard InChI is InChI=1S/C36H39N7O4S2/c1-23-7-9-26(10-8-23)49(45,46)42-19-13-27-33(42)39-36(43-34(27)37-28-14-20-48-32(28)35(43)44)38-29-21-24(2)30(22-31(29)47-3)41-17-11-25(12-18-41)40-15-5-4-6-16-40/h7-10,13-14,19-22,25H,4-6,11-12,15-18H2,1-3H3,(H,38,39). The summed E-state index contributed by atoms with van der Waals surface area (Å²) in [5.74, 6) is 0.733. The number of anilines is 3. The van der Waals surface area contributed by atoms with E-state index in [1.807, 2.05) is 24.4 Å². The number of rotatable bonds is 7. The molecule has 13 heteroatoms. The van der Waals surface area contributed by atoms with Gasteiger partial charge < -0.3 is 19.9 Å². The first-order valence-corrected chi connectivity index (χ1v) is 19.1. The highest BCUT2D eigenvalue weighted by molar-refractivity contribution is 7.90. The van der Waals surface area contributed by atoms with E-state index in [1.54, 1.807) is 43.5 Å². The molecule has 0 amide bonds. The van der Waals surface area contributed by atoms with Crippen molar-refractivity contribution in [2.24, 2.45) is 0 Å². The SMILES string of the molecule is COc1cc(N2CCC(N3CCCCC3)CC2)c(C)cc1Nc1nc2c(ccn2S(=O)(=O)c2ccc(C)cc2)c2nc3ccsc3c(=O)n12. The van der Waals surface area contributed by atoms with Gasteiger partial charge in [-0.05, 0) is 93.9 Å². The number of thiophene rings is 1. The molecule has 2 aromatic carbocycles. The van der Waals surface area contributed by atoms with Gasteiger partial charge in [-0.3, -0.25) is 4.79 Å². The first-order chi connectivity index (χ1) is 23.7. The first-order valence-electron chi connectivity index (χ1n) is 16.8. The molecule has 0 bridgehead atoms. The fraction of sp³-hybridized carbons (Fsp3) is 0.361. The van der Waals surface area contributed by atoms with E-state index >= 15 is 0 Å². The van der Waals surface area contributed by atoms with Crippen LogP contribution in [0.1, 0.15) is 43.2 Å². The minimum Gasteiger partial charge on any atom is -0.494 e. The van der Waals surface area contributed by atoms with E-state index in [9.17, 15) is 13.2 Å². The summed E-state index contributed by atoms with van der Waals surface area (Å²) in [5, 5.41) is 5.62. The number of hydrogen-bond donors (Lipinski definition) is 1. The first kappa shape index (κ1) is 31.8. The van der Waals surface area contributed by atoms with E-state index < -0.39 is 10.0 Å². The number of fused-ring (bicyclic) bond motifs is 4. The van der Waals surface area contributed by atoms with Crippen molar-refractivity contribution in [3.05, 3.63) is 81.6 Å². The van der Waals surface area contributed by atoms with Gasteiger partial charge in [0, 0.05) is 37.1 Å². The Bertz CT molecular complexity index is 2370. The van der Waals surface area contributed by atoms with Crippen molar-refractivity contribution in [2.45, 2.75) is 56.9 Å². The summed E-state index contributed by atoms with van der Waals surface area (Å²) < 4.78 is 36.8. The van der Waals surface area contributed by atoms with Crippen LogP contribution in [0.3, 0.4) is 0 Å². The van der Waals surface area contributed by atoms with Crippen LogP contribution in [0, 0.1) is 13.8 Å². The number of nitrogens with one attached hydrogen (secondary N) is 1. The Balaban J connectivity index is 1.21. The summed E-state index contributed by atoms with van der Waals surface area (Å²) in [6.45, 7) is 8.36. The van der Waals surface area contributed by atoms with Gasteiger partial charge in [0.05, 0.1) is 28.6 Å². The third kappa shape index (κ3) is 5.53. The van der Waals surface area contributed by atoms with E-state index in [0.29, 0.717) is 38.7 Å². The van der Waals surface area contributed by atoms with Gasteiger partial charge in [-0.15, -0.1) is 11.3 Å². The van der Waals surface area contributed by atoms with Gasteiger partial charge in [-0.1, -0.05) is 24.1 Å². The van der Waals surface area contributed by atoms with E-state index in [2.05, 4.69) is 22.0 Å². The topological polar surface area (TPSA) is 114 Å².